The number of methoxy groups -OCH3 is 2. The van der Waals surface area contributed by atoms with E-state index in [0.717, 1.165) is 36.0 Å². The number of halogens is 1. The molecule has 2 aromatic carbocycles. The number of quaternary nitrogens is 1. The van der Waals surface area contributed by atoms with E-state index in [9.17, 15) is 0 Å². The van der Waals surface area contributed by atoms with E-state index >= 15 is 0 Å². The molecule has 0 radical (unpaired) electrons. The van der Waals surface area contributed by atoms with Gasteiger partial charge in [0.1, 0.15) is 12.6 Å². The Kier molecular flexibility index (Phi) is 5.10. The molecule has 0 saturated carbocycles. The van der Waals surface area contributed by atoms with Crippen LogP contribution >= 0.6 is 11.6 Å². The monoisotopic (exact) mass is 384 g/mol. The highest BCUT2D eigenvalue weighted by Crippen LogP contribution is 2.36. The van der Waals surface area contributed by atoms with Crippen molar-refractivity contribution in [1.29, 1.82) is 0 Å². The number of ether oxygens (including phenoxy) is 2. The largest absolute Gasteiger partial charge is 0.493 e. The van der Waals surface area contributed by atoms with Crippen molar-refractivity contribution >= 4 is 11.6 Å². The Balaban J connectivity index is 1.82. The second kappa shape index (κ2) is 7.67. The average Bonchev–Trinajstić information content (AvgIpc) is 3.19. The molecule has 1 unspecified atom stereocenters. The zero-order chi connectivity index (χ0) is 18.8. The number of hydrogen-bond donors (Lipinski definition) is 1. The van der Waals surface area contributed by atoms with E-state index in [1.165, 1.54) is 27.2 Å². The van der Waals surface area contributed by atoms with Gasteiger partial charge in [0.15, 0.2) is 11.5 Å². The second-order valence-electron chi connectivity index (χ2n) is 6.86. The molecule has 2 atom stereocenters. The van der Waals surface area contributed by atoms with E-state index in [4.69, 9.17) is 25.5 Å². The molecule has 4 rings (SSSR count). The van der Waals surface area contributed by atoms with Crippen LogP contribution in [0.25, 0.3) is 0 Å². The Bertz CT molecular complexity index is 923. The van der Waals surface area contributed by atoms with Gasteiger partial charge in [-0.25, -0.2) is 0 Å². The second-order valence-corrected chi connectivity index (χ2v) is 7.30. The fourth-order valence-electron chi connectivity index (χ4n) is 4.03. The molecule has 2 heterocycles. The summed E-state index contributed by atoms with van der Waals surface area (Å²) in [7, 11) is 3.36. The molecule has 0 bridgehead atoms. The number of hydrogen-bond acceptors (Lipinski definition) is 3. The molecule has 0 spiro atoms. The summed E-state index contributed by atoms with van der Waals surface area (Å²) in [6, 6.07) is 14.6. The lowest BCUT2D eigenvalue weighted by molar-refractivity contribution is -0.941. The van der Waals surface area contributed by atoms with Gasteiger partial charge in [0, 0.05) is 28.1 Å². The van der Waals surface area contributed by atoms with Crippen molar-refractivity contribution in [2.45, 2.75) is 19.0 Å². The predicted octanol–water partition coefficient (Wildman–Crippen LogP) is 3.68. The van der Waals surface area contributed by atoms with Crippen LogP contribution in [0.3, 0.4) is 0 Å². The van der Waals surface area contributed by atoms with E-state index < -0.39 is 0 Å². The van der Waals surface area contributed by atoms with Crippen molar-refractivity contribution in [1.82, 2.24) is 0 Å². The lowest BCUT2D eigenvalue weighted by Gasteiger charge is -2.35. The summed E-state index contributed by atoms with van der Waals surface area (Å²) in [5.74, 6) is 1.53. The molecule has 1 N–H and O–H groups in total. The topological polar surface area (TPSA) is 36.0 Å². The van der Waals surface area contributed by atoms with Crippen molar-refractivity contribution in [2.75, 3.05) is 20.8 Å². The van der Waals surface area contributed by atoms with E-state index in [0.29, 0.717) is 0 Å². The van der Waals surface area contributed by atoms with Crippen LogP contribution in [0.2, 0.25) is 5.02 Å². The van der Waals surface area contributed by atoms with Crippen LogP contribution < -0.4 is 14.4 Å². The van der Waals surface area contributed by atoms with E-state index in [2.05, 4.69) is 24.3 Å². The minimum absolute atomic E-state index is 0.169. The van der Waals surface area contributed by atoms with Gasteiger partial charge >= 0.3 is 0 Å². The molecule has 0 amide bonds. The van der Waals surface area contributed by atoms with Crippen LogP contribution in [0.5, 0.6) is 11.5 Å². The standard InChI is InChI=1S/C22H22ClNO3/c1-25-20-11-16-6-8-24(13-15-7-9-27-14-15)22(19(16)12-21(20)26-2)17-4-3-5-18(23)10-17/h3-5,7,9-12,14,22H,6,8,13H2,1-2H3/p+1/t22-/m0/s1. The van der Waals surface area contributed by atoms with Gasteiger partial charge in [0.25, 0.3) is 0 Å². The SMILES string of the molecule is COc1cc2c(cc1OC)[C@H](c1cccc(Cl)c1)[NH+](Cc1ccoc1)CC2. The summed E-state index contributed by atoms with van der Waals surface area (Å²) < 4.78 is 16.4. The Morgan fingerprint density at radius 1 is 1.11 bits per heavy atom. The lowest BCUT2D eigenvalue weighted by Crippen LogP contribution is -3.12. The number of rotatable bonds is 5. The van der Waals surface area contributed by atoms with Crippen LogP contribution in [0.1, 0.15) is 28.3 Å². The highest BCUT2D eigenvalue weighted by molar-refractivity contribution is 6.30. The number of furan rings is 1. The highest BCUT2D eigenvalue weighted by atomic mass is 35.5. The normalized spacial score (nSPS) is 18.8. The van der Waals surface area contributed by atoms with Gasteiger partial charge < -0.3 is 18.8 Å². The van der Waals surface area contributed by atoms with Crippen LogP contribution in [-0.4, -0.2) is 20.8 Å². The van der Waals surface area contributed by atoms with Crippen LogP contribution in [0, 0.1) is 0 Å². The van der Waals surface area contributed by atoms with Gasteiger partial charge in [0.2, 0.25) is 0 Å². The molecule has 0 saturated heterocycles. The van der Waals surface area contributed by atoms with Gasteiger partial charge in [-0.15, -0.1) is 0 Å². The maximum atomic E-state index is 6.32. The molecule has 140 valence electrons. The van der Waals surface area contributed by atoms with Crippen molar-refractivity contribution in [3.8, 4) is 11.5 Å². The van der Waals surface area contributed by atoms with Crippen LogP contribution in [0.15, 0.2) is 59.4 Å². The number of nitrogens with one attached hydrogen (secondary N) is 1. The summed E-state index contributed by atoms with van der Waals surface area (Å²) >= 11 is 6.32. The third-order valence-electron chi connectivity index (χ3n) is 5.27. The van der Waals surface area contributed by atoms with E-state index in [-0.39, 0.29) is 6.04 Å². The maximum Gasteiger partial charge on any atom is 0.161 e. The summed E-state index contributed by atoms with van der Waals surface area (Å²) in [5, 5.41) is 0.753. The van der Waals surface area contributed by atoms with Crippen molar-refractivity contribution in [3.63, 3.8) is 0 Å². The van der Waals surface area contributed by atoms with Crippen molar-refractivity contribution < 1.29 is 18.8 Å². The summed E-state index contributed by atoms with van der Waals surface area (Å²) in [5.41, 5.74) is 4.96. The fraction of sp³-hybridized carbons (Fsp3) is 0.273. The molecule has 4 nitrogen and oxygen atoms in total. The molecule has 1 aromatic heterocycles. The minimum Gasteiger partial charge on any atom is -0.493 e. The average molecular weight is 385 g/mol. The third-order valence-corrected chi connectivity index (χ3v) is 5.51. The first-order chi connectivity index (χ1) is 13.2. The highest BCUT2D eigenvalue weighted by Gasteiger charge is 2.34. The molecular weight excluding hydrogens is 362 g/mol. The fourth-order valence-corrected chi connectivity index (χ4v) is 4.23. The zero-order valence-electron chi connectivity index (χ0n) is 15.5. The quantitative estimate of drug-likeness (QED) is 0.729. The molecule has 27 heavy (non-hydrogen) atoms. The van der Waals surface area contributed by atoms with Gasteiger partial charge in [-0.2, -0.15) is 0 Å². The van der Waals surface area contributed by atoms with Crippen LogP contribution in [-0.2, 0) is 13.0 Å². The Labute approximate surface area is 164 Å². The molecule has 1 aliphatic rings. The van der Waals surface area contributed by atoms with E-state index in [1.54, 1.807) is 20.5 Å². The smallest absolute Gasteiger partial charge is 0.161 e. The first-order valence-corrected chi connectivity index (χ1v) is 9.43. The number of benzene rings is 2. The molecule has 0 fully saturated rings. The predicted molar refractivity (Wildman–Crippen MR) is 105 cm³/mol. The Hall–Kier alpha value is -2.43. The molecular formula is C22H23ClNO3+. The van der Waals surface area contributed by atoms with Crippen molar-refractivity contribution in [2.24, 2.45) is 0 Å². The summed E-state index contributed by atoms with van der Waals surface area (Å²) in [6.07, 6.45) is 4.54. The first-order valence-electron chi connectivity index (χ1n) is 9.05. The maximum absolute atomic E-state index is 6.32. The first kappa shape index (κ1) is 18.0. The van der Waals surface area contributed by atoms with E-state index in [1.807, 2.05) is 24.5 Å². The molecule has 1 aliphatic heterocycles. The Morgan fingerprint density at radius 2 is 1.93 bits per heavy atom. The van der Waals surface area contributed by atoms with Gasteiger partial charge in [0.05, 0.1) is 33.3 Å². The summed E-state index contributed by atoms with van der Waals surface area (Å²) in [6.45, 7) is 1.91. The van der Waals surface area contributed by atoms with Gasteiger partial charge in [-0.05, 0) is 35.9 Å². The van der Waals surface area contributed by atoms with Gasteiger partial charge in [-0.1, -0.05) is 23.7 Å². The van der Waals surface area contributed by atoms with Gasteiger partial charge in [-0.3, -0.25) is 0 Å². The molecule has 5 heteroatoms. The lowest BCUT2D eigenvalue weighted by atomic mass is 9.87. The Morgan fingerprint density at radius 3 is 2.63 bits per heavy atom. The number of fused-ring (bicyclic) bond motifs is 1. The minimum atomic E-state index is 0.169. The molecule has 3 aromatic rings. The third kappa shape index (κ3) is 3.55. The zero-order valence-corrected chi connectivity index (χ0v) is 16.3. The summed E-state index contributed by atoms with van der Waals surface area (Å²) in [4.78, 5) is 1.46. The van der Waals surface area contributed by atoms with Crippen molar-refractivity contribution in [3.05, 3.63) is 82.3 Å². The molecule has 0 aliphatic carbocycles. The van der Waals surface area contributed by atoms with Crippen LogP contribution in [0.4, 0.5) is 0 Å².